The van der Waals surface area contributed by atoms with Crippen molar-refractivity contribution in [2.45, 2.75) is 6.54 Å². The molecule has 0 bridgehead atoms. The Labute approximate surface area is 96.7 Å². The number of benzene rings is 2. The predicted molar refractivity (Wildman–Crippen MR) is 59.6 cm³/mol. The Balaban J connectivity index is 2.63. The minimum atomic E-state index is -1.06. The normalized spacial score (nSPS) is 10.6. The first kappa shape index (κ1) is 11.7. The van der Waals surface area contributed by atoms with Crippen LogP contribution in [0.4, 0.5) is 13.2 Å². The van der Waals surface area contributed by atoms with Crippen molar-refractivity contribution in [3.8, 4) is 11.1 Å². The van der Waals surface area contributed by atoms with Crippen molar-refractivity contribution in [3.63, 3.8) is 0 Å². The summed E-state index contributed by atoms with van der Waals surface area (Å²) >= 11 is 0. The Kier molecular flexibility index (Phi) is 3.15. The highest BCUT2D eigenvalue weighted by atomic mass is 19.2. The van der Waals surface area contributed by atoms with E-state index in [4.69, 9.17) is 5.73 Å². The van der Waals surface area contributed by atoms with Gasteiger partial charge in [-0.3, -0.25) is 0 Å². The van der Waals surface area contributed by atoms with Crippen LogP contribution >= 0.6 is 0 Å². The van der Waals surface area contributed by atoms with Crippen molar-refractivity contribution in [2.24, 2.45) is 5.73 Å². The van der Waals surface area contributed by atoms with Gasteiger partial charge in [0.1, 0.15) is 5.82 Å². The summed E-state index contributed by atoms with van der Waals surface area (Å²) in [5.74, 6) is -2.66. The van der Waals surface area contributed by atoms with Gasteiger partial charge in [0.05, 0.1) is 0 Å². The van der Waals surface area contributed by atoms with Crippen molar-refractivity contribution in [3.05, 3.63) is 59.4 Å². The highest BCUT2D eigenvalue weighted by Gasteiger charge is 2.13. The van der Waals surface area contributed by atoms with Gasteiger partial charge in [0, 0.05) is 17.7 Å². The Bertz CT molecular complexity index is 552. The zero-order chi connectivity index (χ0) is 12.4. The van der Waals surface area contributed by atoms with Gasteiger partial charge < -0.3 is 5.73 Å². The third-order valence-corrected chi connectivity index (χ3v) is 2.51. The van der Waals surface area contributed by atoms with Crippen LogP contribution in [0.1, 0.15) is 5.56 Å². The molecular formula is C13H10F3N. The van der Waals surface area contributed by atoms with Gasteiger partial charge in [0.2, 0.25) is 0 Å². The average Bonchev–Trinajstić information content (AvgIpc) is 2.34. The number of rotatable bonds is 2. The summed E-state index contributed by atoms with van der Waals surface area (Å²) in [6.45, 7) is 0.213. The van der Waals surface area contributed by atoms with Crippen LogP contribution < -0.4 is 5.73 Å². The van der Waals surface area contributed by atoms with Gasteiger partial charge in [0.25, 0.3) is 0 Å². The van der Waals surface area contributed by atoms with E-state index < -0.39 is 17.5 Å². The molecule has 0 atom stereocenters. The second-order valence-corrected chi connectivity index (χ2v) is 3.62. The second kappa shape index (κ2) is 4.59. The first-order valence-corrected chi connectivity index (χ1v) is 5.06. The molecule has 0 unspecified atom stereocenters. The fraction of sp³-hybridized carbons (Fsp3) is 0.0769. The molecule has 0 heterocycles. The maximum Gasteiger partial charge on any atom is 0.166 e. The zero-order valence-electron chi connectivity index (χ0n) is 8.88. The van der Waals surface area contributed by atoms with E-state index >= 15 is 0 Å². The number of halogens is 3. The van der Waals surface area contributed by atoms with Crippen LogP contribution in [0.2, 0.25) is 0 Å². The lowest BCUT2D eigenvalue weighted by Gasteiger charge is -2.07. The molecule has 0 saturated carbocycles. The van der Waals surface area contributed by atoms with E-state index in [1.165, 1.54) is 30.3 Å². The van der Waals surface area contributed by atoms with Crippen molar-refractivity contribution >= 4 is 0 Å². The van der Waals surface area contributed by atoms with Gasteiger partial charge in [0.15, 0.2) is 11.6 Å². The monoisotopic (exact) mass is 237 g/mol. The minimum Gasteiger partial charge on any atom is -0.326 e. The molecule has 4 heteroatoms. The fourth-order valence-electron chi connectivity index (χ4n) is 1.62. The molecule has 88 valence electrons. The first-order chi connectivity index (χ1) is 8.13. The molecule has 17 heavy (non-hydrogen) atoms. The summed E-state index contributed by atoms with van der Waals surface area (Å²) < 4.78 is 40.2. The lowest BCUT2D eigenvalue weighted by Crippen LogP contribution is -1.98. The molecule has 0 saturated heterocycles. The lowest BCUT2D eigenvalue weighted by atomic mass is 10.0. The Morgan fingerprint density at radius 2 is 1.65 bits per heavy atom. The summed E-state index contributed by atoms with van der Waals surface area (Å²) in [6, 6.07) is 7.79. The lowest BCUT2D eigenvalue weighted by molar-refractivity contribution is 0.510. The van der Waals surface area contributed by atoms with Crippen molar-refractivity contribution in [1.29, 1.82) is 0 Å². The standard InChI is InChI=1S/C13H10F3N/c14-11-5-4-8(7-17)6-10(11)9-2-1-3-12(15)13(9)16/h1-6H,7,17H2. The maximum absolute atomic E-state index is 13.6. The molecule has 0 aliphatic carbocycles. The van der Waals surface area contributed by atoms with E-state index in [0.29, 0.717) is 5.56 Å². The summed E-state index contributed by atoms with van der Waals surface area (Å²) in [4.78, 5) is 0. The molecule has 0 aliphatic heterocycles. The van der Waals surface area contributed by atoms with Gasteiger partial charge in [-0.1, -0.05) is 18.2 Å². The topological polar surface area (TPSA) is 26.0 Å². The van der Waals surface area contributed by atoms with Crippen LogP contribution in [0.5, 0.6) is 0 Å². The smallest absolute Gasteiger partial charge is 0.166 e. The first-order valence-electron chi connectivity index (χ1n) is 5.06. The molecule has 2 aromatic rings. The number of hydrogen-bond donors (Lipinski definition) is 1. The van der Waals surface area contributed by atoms with Gasteiger partial charge in [-0.2, -0.15) is 0 Å². The van der Waals surface area contributed by atoms with Crippen LogP contribution in [0, 0.1) is 17.5 Å². The molecule has 0 aromatic heterocycles. The molecule has 2 N–H and O–H groups in total. The number of nitrogens with two attached hydrogens (primary N) is 1. The number of hydrogen-bond acceptors (Lipinski definition) is 1. The minimum absolute atomic E-state index is 0.0185. The third kappa shape index (κ3) is 2.17. The van der Waals surface area contributed by atoms with E-state index in [9.17, 15) is 13.2 Å². The summed E-state index contributed by atoms with van der Waals surface area (Å²) in [7, 11) is 0. The Hall–Kier alpha value is -1.81. The summed E-state index contributed by atoms with van der Waals surface area (Å²) in [5, 5.41) is 0. The van der Waals surface area contributed by atoms with Crippen LogP contribution in [-0.4, -0.2) is 0 Å². The molecular weight excluding hydrogens is 227 g/mol. The quantitative estimate of drug-likeness (QED) is 0.852. The predicted octanol–water partition coefficient (Wildman–Crippen LogP) is 3.23. The highest BCUT2D eigenvalue weighted by molar-refractivity contribution is 5.65. The molecule has 0 amide bonds. The van der Waals surface area contributed by atoms with Crippen LogP contribution in [0.3, 0.4) is 0 Å². The molecule has 1 nitrogen and oxygen atoms in total. The highest BCUT2D eigenvalue weighted by Crippen LogP contribution is 2.27. The fourth-order valence-corrected chi connectivity index (χ4v) is 1.62. The average molecular weight is 237 g/mol. The maximum atomic E-state index is 13.6. The van der Waals surface area contributed by atoms with E-state index in [0.717, 1.165) is 6.07 Å². The van der Waals surface area contributed by atoms with E-state index in [1.807, 2.05) is 0 Å². The zero-order valence-corrected chi connectivity index (χ0v) is 8.88. The molecule has 2 rings (SSSR count). The van der Waals surface area contributed by atoms with E-state index in [1.54, 1.807) is 0 Å². The molecule has 0 spiro atoms. The molecule has 0 fully saturated rings. The largest absolute Gasteiger partial charge is 0.326 e. The Morgan fingerprint density at radius 1 is 0.882 bits per heavy atom. The summed E-state index contributed by atoms with van der Waals surface area (Å²) in [5.41, 5.74) is 6.00. The van der Waals surface area contributed by atoms with Gasteiger partial charge in [-0.25, -0.2) is 13.2 Å². The van der Waals surface area contributed by atoms with E-state index in [-0.39, 0.29) is 17.7 Å². The van der Waals surface area contributed by atoms with Crippen molar-refractivity contribution < 1.29 is 13.2 Å². The van der Waals surface area contributed by atoms with E-state index in [2.05, 4.69) is 0 Å². The second-order valence-electron chi connectivity index (χ2n) is 3.62. The van der Waals surface area contributed by atoms with Crippen LogP contribution in [0.15, 0.2) is 36.4 Å². The van der Waals surface area contributed by atoms with Crippen molar-refractivity contribution in [2.75, 3.05) is 0 Å². The summed E-state index contributed by atoms with van der Waals surface area (Å²) in [6.07, 6.45) is 0. The van der Waals surface area contributed by atoms with Gasteiger partial charge in [-0.15, -0.1) is 0 Å². The SMILES string of the molecule is NCc1ccc(F)c(-c2cccc(F)c2F)c1. The Morgan fingerprint density at radius 3 is 2.35 bits per heavy atom. The molecule has 0 aliphatic rings. The van der Waals surface area contributed by atoms with Crippen LogP contribution in [0.25, 0.3) is 11.1 Å². The molecule has 2 aromatic carbocycles. The van der Waals surface area contributed by atoms with Crippen molar-refractivity contribution in [1.82, 2.24) is 0 Å². The van der Waals surface area contributed by atoms with Gasteiger partial charge >= 0.3 is 0 Å². The van der Waals surface area contributed by atoms with Gasteiger partial charge in [-0.05, 0) is 23.8 Å². The third-order valence-electron chi connectivity index (χ3n) is 2.51. The molecule has 0 radical (unpaired) electrons. The van der Waals surface area contributed by atoms with Crippen LogP contribution in [-0.2, 0) is 6.54 Å².